The Balaban J connectivity index is 1.09. The van der Waals surface area contributed by atoms with Crippen LogP contribution in [0.15, 0.2) is 194 Å². The van der Waals surface area contributed by atoms with Crippen LogP contribution in [0.2, 0.25) is 0 Å². The zero-order valence-corrected chi connectivity index (χ0v) is 28.1. The second kappa shape index (κ2) is 13.2. The number of rotatable bonds is 7. The quantitative estimate of drug-likeness (QED) is 0.163. The van der Waals surface area contributed by atoms with Crippen LogP contribution in [0.25, 0.3) is 60.9 Å². The van der Waals surface area contributed by atoms with Gasteiger partial charge in [-0.25, -0.2) is 8.78 Å². The molecule has 0 aliphatic carbocycles. The third-order valence-corrected chi connectivity index (χ3v) is 9.75. The van der Waals surface area contributed by atoms with Crippen molar-refractivity contribution in [3.8, 4) is 39.1 Å². The summed E-state index contributed by atoms with van der Waals surface area (Å²) in [5.41, 5.74) is 12.7. The van der Waals surface area contributed by atoms with Gasteiger partial charge < -0.3 is 9.47 Å². The highest BCUT2D eigenvalue weighted by Crippen LogP contribution is 2.39. The van der Waals surface area contributed by atoms with Gasteiger partial charge in [0.2, 0.25) is 0 Å². The molecule has 8 aromatic carbocycles. The largest absolute Gasteiger partial charge is 0.311 e. The molecule has 2 nitrogen and oxygen atoms in total. The summed E-state index contributed by atoms with van der Waals surface area (Å²) >= 11 is 0. The van der Waals surface area contributed by atoms with Crippen molar-refractivity contribution in [3.63, 3.8) is 0 Å². The van der Waals surface area contributed by atoms with Crippen molar-refractivity contribution < 1.29 is 8.78 Å². The smallest absolute Gasteiger partial charge is 0.123 e. The van der Waals surface area contributed by atoms with Crippen molar-refractivity contribution in [2.24, 2.45) is 0 Å². The SMILES string of the molecule is Fc1ccc(-c2ccc(N(c3ccc(-c4ccc(F)cc4)cc3)c3ccc(-c4ccc5c(c4)c4ccccc4n5-c4ccccc4)cc3)cc2)cc1. The van der Waals surface area contributed by atoms with E-state index >= 15 is 0 Å². The predicted octanol–water partition coefficient (Wildman–Crippen LogP) is 13.5. The number of fused-ring (bicyclic) bond motifs is 3. The second-order valence-corrected chi connectivity index (χ2v) is 12.9. The zero-order valence-electron chi connectivity index (χ0n) is 28.1. The van der Waals surface area contributed by atoms with E-state index in [0.29, 0.717) is 0 Å². The molecule has 1 heterocycles. The van der Waals surface area contributed by atoms with Gasteiger partial charge in [0.1, 0.15) is 11.6 Å². The summed E-state index contributed by atoms with van der Waals surface area (Å²) in [5, 5.41) is 2.43. The zero-order chi connectivity index (χ0) is 35.0. The lowest BCUT2D eigenvalue weighted by Crippen LogP contribution is -2.09. The van der Waals surface area contributed by atoms with Crippen LogP contribution in [-0.2, 0) is 0 Å². The fourth-order valence-corrected chi connectivity index (χ4v) is 7.15. The minimum Gasteiger partial charge on any atom is -0.311 e. The minimum absolute atomic E-state index is 0.252. The van der Waals surface area contributed by atoms with Crippen LogP contribution < -0.4 is 4.90 Å². The van der Waals surface area contributed by atoms with Crippen molar-refractivity contribution in [1.82, 2.24) is 4.57 Å². The lowest BCUT2D eigenvalue weighted by Gasteiger charge is -2.26. The van der Waals surface area contributed by atoms with Gasteiger partial charge in [0.25, 0.3) is 0 Å². The molecule has 0 bridgehead atoms. The van der Waals surface area contributed by atoms with Crippen molar-refractivity contribution >= 4 is 38.9 Å². The van der Waals surface area contributed by atoms with E-state index in [9.17, 15) is 8.78 Å². The van der Waals surface area contributed by atoms with Crippen LogP contribution in [0.1, 0.15) is 0 Å². The van der Waals surface area contributed by atoms with Gasteiger partial charge >= 0.3 is 0 Å². The maximum atomic E-state index is 13.6. The number of nitrogens with zero attached hydrogens (tertiary/aromatic N) is 2. The summed E-state index contributed by atoms with van der Waals surface area (Å²) in [4.78, 5) is 2.23. The van der Waals surface area contributed by atoms with E-state index in [1.165, 1.54) is 46.1 Å². The van der Waals surface area contributed by atoms with E-state index < -0.39 is 0 Å². The minimum atomic E-state index is -0.252. The van der Waals surface area contributed by atoms with E-state index in [1.807, 2.05) is 6.07 Å². The molecule has 0 saturated heterocycles. The van der Waals surface area contributed by atoms with Crippen LogP contribution in [-0.4, -0.2) is 4.57 Å². The lowest BCUT2D eigenvalue weighted by molar-refractivity contribution is 0.627. The van der Waals surface area contributed by atoms with Gasteiger partial charge in [-0.2, -0.15) is 0 Å². The van der Waals surface area contributed by atoms with E-state index in [2.05, 4.69) is 149 Å². The van der Waals surface area contributed by atoms with E-state index in [0.717, 1.165) is 56.1 Å². The Morgan fingerprint density at radius 2 is 0.712 bits per heavy atom. The summed E-state index contributed by atoms with van der Waals surface area (Å²) in [6, 6.07) is 64.3. The molecular formula is C48H32F2N2. The molecule has 0 atom stereocenters. The average Bonchev–Trinajstić information content (AvgIpc) is 3.54. The summed E-state index contributed by atoms with van der Waals surface area (Å²) in [5.74, 6) is -0.504. The van der Waals surface area contributed by atoms with Crippen LogP contribution in [0.3, 0.4) is 0 Å². The first-order valence-corrected chi connectivity index (χ1v) is 17.3. The molecule has 9 rings (SSSR count). The molecule has 4 heteroatoms. The molecular weight excluding hydrogens is 643 g/mol. The molecule has 0 radical (unpaired) electrons. The number of aromatic nitrogens is 1. The van der Waals surface area contributed by atoms with Crippen molar-refractivity contribution in [2.45, 2.75) is 0 Å². The first-order chi connectivity index (χ1) is 25.6. The highest BCUT2D eigenvalue weighted by Gasteiger charge is 2.16. The molecule has 0 fully saturated rings. The Bertz CT molecular complexity index is 2550. The van der Waals surface area contributed by atoms with Gasteiger partial charge in [0, 0.05) is 33.5 Å². The maximum Gasteiger partial charge on any atom is 0.123 e. The first-order valence-electron chi connectivity index (χ1n) is 17.3. The first kappa shape index (κ1) is 31.2. The van der Waals surface area contributed by atoms with E-state index in [-0.39, 0.29) is 11.6 Å². The summed E-state index contributed by atoms with van der Waals surface area (Å²) in [6.45, 7) is 0. The van der Waals surface area contributed by atoms with Gasteiger partial charge in [-0.3, -0.25) is 0 Å². The number of halogens is 2. The van der Waals surface area contributed by atoms with E-state index in [4.69, 9.17) is 0 Å². The lowest BCUT2D eigenvalue weighted by atomic mass is 10.0. The molecule has 0 saturated carbocycles. The van der Waals surface area contributed by atoms with E-state index in [1.54, 1.807) is 24.3 Å². The third kappa shape index (κ3) is 5.80. The standard InChI is InChI=1S/C48H32F2N2/c49-39-21-10-33(11-22-39)35-14-25-42(26-15-35)51(43-27-16-36(17-28-43)34-12-23-40(50)24-13-34)44-29-18-37(19-30-44)38-20-31-48-46(32-38)45-8-4-5-9-47(45)52(48)41-6-2-1-3-7-41/h1-32H. The fraction of sp³-hybridized carbons (Fsp3) is 0. The van der Waals surface area contributed by atoms with Crippen LogP contribution in [0.4, 0.5) is 25.8 Å². The number of para-hydroxylation sites is 2. The topological polar surface area (TPSA) is 8.17 Å². The van der Waals surface area contributed by atoms with Gasteiger partial charge in [-0.15, -0.1) is 0 Å². The van der Waals surface area contributed by atoms with Crippen LogP contribution >= 0.6 is 0 Å². The Hall–Kier alpha value is -6.78. The highest BCUT2D eigenvalue weighted by atomic mass is 19.1. The molecule has 0 unspecified atom stereocenters. The van der Waals surface area contributed by atoms with Gasteiger partial charge in [-0.05, 0) is 124 Å². The molecule has 52 heavy (non-hydrogen) atoms. The number of benzene rings is 8. The van der Waals surface area contributed by atoms with Crippen LogP contribution in [0.5, 0.6) is 0 Å². The van der Waals surface area contributed by atoms with Gasteiger partial charge in [-0.1, -0.05) is 103 Å². The average molecular weight is 675 g/mol. The summed E-state index contributed by atoms with van der Waals surface area (Å²) in [7, 11) is 0. The highest BCUT2D eigenvalue weighted by molar-refractivity contribution is 6.10. The van der Waals surface area contributed by atoms with Crippen LogP contribution in [0, 0.1) is 11.6 Å². The molecule has 1 aromatic heterocycles. The Morgan fingerprint density at radius 3 is 1.21 bits per heavy atom. The van der Waals surface area contributed by atoms with Crippen molar-refractivity contribution in [3.05, 3.63) is 206 Å². The fourth-order valence-electron chi connectivity index (χ4n) is 7.15. The molecule has 9 aromatic rings. The van der Waals surface area contributed by atoms with Gasteiger partial charge in [0.15, 0.2) is 0 Å². The normalized spacial score (nSPS) is 11.3. The molecule has 0 amide bonds. The molecule has 0 spiro atoms. The predicted molar refractivity (Wildman–Crippen MR) is 212 cm³/mol. The van der Waals surface area contributed by atoms with Crippen molar-refractivity contribution in [2.75, 3.05) is 4.90 Å². The number of anilines is 3. The summed E-state index contributed by atoms with van der Waals surface area (Å²) < 4.78 is 29.6. The molecule has 248 valence electrons. The second-order valence-electron chi connectivity index (χ2n) is 12.9. The molecule has 0 N–H and O–H groups in total. The molecule has 0 aliphatic heterocycles. The van der Waals surface area contributed by atoms with Crippen molar-refractivity contribution in [1.29, 1.82) is 0 Å². The van der Waals surface area contributed by atoms with Gasteiger partial charge in [0.05, 0.1) is 11.0 Å². The Morgan fingerprint density at radius 1 is 0.327 bits per heavy atom. The number of hydrogen-bond acceptors (Lipinski definition) is 1. The molecule has 0 aliphatic rings. The maximum absolute atomic E-state index is 13.6. The number of hydrogen-bond donors (Lipinski definition) is 0. The summed E-state index contributed by atoms with van der Waals surface area (Å²) in [6.07, 6.45) is 0. The third-order valence-electron chi connectivity index (χ3n) is 9.75. The Labute approximate surface area is 301 Å². The Kier molecular flexibility index (Phi) is 7.90. The monoisotopic (exact) mass is 674 g/mol.